The van der Waals surface area contributed by atoms with Gasteiger partial charge in [0, 0.05) is 11.4 Å². The van der Waals surface area contributed by atoms with E-state index in [2.05, 4.69) is 16.0 Å². The van der Waals surface area contributed by atoms with Gasteiger partial charge in [0.1, 0.15) is 0 Å². The topological polar surface area (TPSA) is 70.2 Å². The first kappa shape index (κ1) is 19.2. The highest BCUT2D eigenvalue weighted by Gasteiger charge is 2.13. The van der Waals surface area contributed by atoms with Crippen LogP contribution in [0.5, 0.6) is 0 Å². The number of aryl methyl sites for hydroxylation is 1. The quantitative estimate of drug-likeness (QED) is 0.576. The van der Waals surface area contributed by atoms with Gasteiger partial charge in [-0.2, -0.15) is 0 Å². The molecule has 0 bridgehead atoms. The first-order valence-corrected chi connectivity index (χ1v) is 9.24. The lowest BCUT2D eigenvalue weighted by Gasteiger charge is -2.13. The first-order chi connectivity index (χ1) is 13.7. The van der Waals surface area contributed by atoms with Crippen molar-refractivity contribution in [3.05, 3.63) is 90.0 Å². The zero-order chi connectivity index (χ0) is 19.8. The number of amides is 2. The lowest BCUT2D eigenvalue weighted by atomic mass is 10.1. The van der Waals surface area contributed by atoms with E-state index >= 15 is 0 Å². The number of nitrogens with one attached hydrogen (secondary N) is 3. The summed E-state index contributed by atoms with van der Waals surface area (Å²) in [7, 11) is 0. The van der Waals surface area contributed by atoms with Gasteiger partial charge in [0.05, 0.1) is 17.8 Å². The molecule has 28 heavy (non-hydrogen) atoms. The summed E-state index contributed by atoms with van der Waals surface area (Å²) in [5.41, 5.74) is 3.88. The van der Waals surface area contributed by atoms with Crippen LogP contribution in [0.25, 0.3) is 0 Å². The Balaban J connectivity index is 1.63. The van der Waals surface area contributed by atoms with Crippen LogP contribution in [0.3, 0.4) is 0 Å². The predicted molar refractivity (Wildman–Crippen MR) is 113 cm³/mol. The van der Waals surface area contributed by atoms with Crippen LogP contribution < -0.4 is 16.0 Å². The molecule has 0 radical (unpaired) electrons. The third-order valence-corrected chi connectivity index (χ3v) is 4.31. The highest BCUT2D eigenvalue weighted by Crippen LogP contribution is 2.20. The van der Waals surface area contributed by atoms with Crippen molar-refractivity contribution in [2.45, 2.75) is 13.3 Å². The normalized spacial score (nSPS) is 10.2. The van der Waals surface area contributed by atoms with E-state index < -0.39 is 0 Å². The van der Waals surface area contributed by atoms with Crippen LogP contribution >= 0.6 is 0 Å². The number of hydrogen-bond acceptors (Lipinski definition) is 3. The van der Waals surface area contributed by atoms with Crippen LogP contribution in [0.2, 0.25) is 0 Å². The van der Waals surface area contributed by atoms with Gasteiger partial charge < -0.3 is 16.0 Å². The van der Waals surface area contributed by atoms with Gasteiger partial charge in [0.15, 0.2) is 0 Å². The molecule has 2 amide bonds. The molecule has 0 aliphatic rings. The Morgan fingerprint density at radius 2 is 1.43 bits per heavy atom. The van der Waals surface area contributed by atoms with Crippen molar-refractivity contribution in [3.8, 4) is 0 Å². The standard InChI is InChI=1S/C23H23N3O2/c1-2-17-10-6-8-14-20(17)26-22(27)16-24-23(28)19-13-7-9-15-21(19)25-18-11-4-3-5-12-18/h3-15,25H,2,16H2,1H3,(H,24,28)(H,26,27). The number of hydrogen-bond donors (Lipinski definition) is 3. The molecule has 0 fully saturated rings. The number of para-hydroxylation sites is 3. The zero-order valence-electron chi connectivity index (χ0n) is 15.7. The molecule has 5 heteroatoms. The number of carbonyl (C=O) groups excluding carboxylic acids is 2. The van der Waals surface area contributed by atoms with Crippen molar-refractivity contribution in [1.29, 1.82) is 0 Å². The fraction of sp³-hybridized carbons (Fsp3) is 0.130. The van der Waals surface area contributed by atoms with Gasteiger partial charge in [-0.1, -0.05) is 55.5 Å². The lowest BCUT2D eigenvalue weighted by Crippen LogP contribution is -2.33. The largest absolute Gasteiger partial charge is 0.355 e. The minimum Gasteiger partial charge on any atom is -0.355 e. The number of anilines is 3. The van der Waals surface area contributed by atoms with Crippen LogP contribution in [0.15, 0.2) is 78.9 Å². The Kier molecular flexibility index (Phi) is 6.41. The van der Waals surface area contributed by atoms with Gasteiger partial charge in [-0.05, 0) is 42.3 Å². The molecule has 0 spiro atoms. The van der Waals surface area contributed by atoms with E-state index in [9.17, 15) is 9.59 Å². The fourth-order valence-corrected chi connectivity index (χ4v) is 2.87. The minimum absolute atomic E-state index is 0.101. The smallest absolute Gasteiger partial charge is 0.253 e. The molecule has 0 unspecified atom stereocenters. The van der Waals surface area contributed by atoms with Crippen LogP contribution in [0.1, 0.15) is 22.8 Å². The minimum atomic E-state index is -0.307. The van der Waals surface area contributed by atoms with Gasteiger partial charge >= 0.3 is 0 Å². The molecule has 0 atom stereocenters. The Bertz CT molecular complexity index is 955. The molecule has 0 aliphatic carbocycles. The van der Waals surface area contributed by atoms with Gasteiger partial charge in [-0.15, -0.1) is 0 Å². The van der Waals surface area contributed by atoms with E-state index in [1.807, 2.05) is 73.7 Å². The summed E-state index contributed by atoms with van der Waals surface area (Å²) in [6.45, 7) is 1.93. The first-order valence-electron chi connectivity index (χ1n) is 9.24. The number of rotatable bonds is 7. The zero-order valence-corrected chi connectivity index (χ0v) is 15.7. The van der Waals surface area contributed by atoms with E-state index in [-0.39, 0.29) is 18.4 Å². The second kappa shape index (κ2) is 9.37. The van der Waals surface area contributed by atoms with Crippen molar-refractivity contribution in [2.75, 3.05) is 17.2 Å². The van der Waals surface area contributed by atoms with Gasteiger partial charge in [0.2, 0.25) is 5.91 Å². The summed E-state index contributed by atoms with van der Waals surface area (Å²) < 4.78 is 0. The Hall–Kier alpha value is -3.60. The van der Waals surface area contributed by atoms with Gasteiger partial charge in [0.25, 0.3) is 5.91 Å². The highest BCUT2D eigenvalue weighted by atomic mass is 16.2. The summed E-state index contributed by atoms with van der Waals surface area (Å²) in [6.07, 6.45) is 0.821. The summed E-state index contributed by atoms with van der Waals surface area (Å²) in [6, 6.07) is 24.5. The molecule has 3 N–H and O–H groups in total. The maximum absolute atomic E-state index is 12.6. The van der Waals surface area contributed by atoms with Gasteiger partial charge in [-0.25, -0.2) is 0 Å². The number of benzene rings is 3. The molecule has 0 heterocycles. The Labute approximate surface area is 164 Å². The molecule has 3 rings (SSSR count). The molecule has 0 aliphatic heterocycles. The maximum atomic E-state index is 12.6. The van der Waals surface area contributed by atoms with Gasteiger partial charge in [-0.3, -0.25) is 9.59 Å². The van der Waals surface area contributed by atoms with E-state index in [4.69, 9.17) is 0 Å². The Morgan fingerprint density at radius 1 is 0.786 bits per heavy atom. The van der Waals surface area contributed by atoms with Crippen molar-refractivity contribution in [2.24, 2.45) is 0 Å². The van der Waals surface area contributed by atoms with Crippen molar-refractivity contribution < 1.29 is 9.59 Å². The van der Waals surface area contributed by atoms with Crippen molar-refractivity contribution in [3.63, 3.8) is 0 Å². The monoisotopic (exact) mass is 373 g/mol. The molecule has 3 aromatic rings. The van der Waals surface area contributed by atoms with E-state index in [0.717, 1.165) is 23.4 Å². The van der Waals surface area contributed by atoms with Crippen LogP contribution in [-0.2, 0) is 11.2 Å². The van der Waals surface area contributed by atoms with Crippen molar-refractivity contribution >= 4 is 28.9 Å². The number of carbonyl (C=O) groups is 2. The van der Waals surface area contributed by atoms with E-state index in [1.54, 1.807) is 12.1 Å². The summed E-state index contributed by atoms with van der Waals surface area (Å²) in [4.78, 5) is 24.9. The molecule has 5 nitrogen and oxygen atoms in total. The predicted octanol–water partition coefficient (Wildman–Crippen LogP) is 4.36. The average Bonchev–Trinajstić information content (AvgIpc) is 2.73. The summed E-state index contributed by atoms with van der Waals surface area (Å²) in [5, 5.41) is 8.78. The second-order valence-corrected chi connectivity index (χ2v) is 6.28. The van der Waals surface area contributed by atoms with E-state index in [0.29, 0.717) is 11.3 Å². The lowest BCUT2D eigenvalue weighted by molar-refractivity contribution is -0.115. The summed E-state index contributed by atoms with van der Waals surface area (Å²) in [5.74, 6) is -0.569. The fourth-order valence-electron chi connectivity index (χ4n) is 2.87. The average molecular weight is 373 g/mol. The molecule has 3 aromatic carbocycles. The second-order valence-electron chi connectivity index (χ2n) is 6.28. The Morgan fingerprint density at radius 3 is 2.18 bits per heavy atom. The van der Waals surface area contributed by atoms with Crippen LogP contribution in [0, 0.1) is 0 Å². The van der Waals surface area contributed by atoms with Crippen LogP contribution in [0.4, 0.5) is 17.1 Å². The molecule has 0 aromatic heterocycles. The third kappa shape index (κ3) is 4.98. The maximum Gasteiger partial charge on any atom is 0.253 e. The highest BCUT2D eigenvalue weighted by molar-refractivity contribution is 6.03. The SMILES string of the molecule is CCc1ccccc1NC(=O)CNC(=O)c1ccccc1Nc1ccccc1. The molecule has 0 saturated carbocycles. The molecule has 142 valence electrons. The third-order valence-electron chi connectivity index (χ3n) is 4.31. The van der Waals surface area contributed by atoms with Crippen LogP contribution in [-0.4, -0.2) is 18.4 Å². The molecule has 0 saturated heterocycles. The van der Waals surface area contributed by atoms with Crippen molar-refractivity contribution in [1.82, 2.24) is 5.32 Å². The molecular formula is C23H23N3O2. The molecular weight excluding hydrogens is 350 g/mol. The van der Waals surface area contributed by atoms with E-state index in [1.165, 1.54) is 0 Å². The summed E-state index contributed by atoms with van der Waals surface area (Å²) >= 11 is 0.